The van der Waals surface area contributed by atoms with Gasteiger partial charge in [0.2, 0.25) is 0 Å². The van der Waals surface area contributed by atoms with Gasteiger partial charge in [-0.3, -0.25) is 0 Å². The van der Waals surface area contributed by atoms with Crippen molar-refractivity contribution in [3.8, 4) is 6.07 Å². The van der Waals surface area contributed by atoms with E-state index in [-0.39, 0.29) is 11.3 Å². The summed E-state index contributed by atoms with van der Waals surface area (Å²) < 4.78 is 0. The van der Waals surface area contributed by atoms with Gasteiger partial charge >= 0.3 is 0 Å². The molecule has 0 fully saturated rings. The Balaban J connectivity index is 2.94. The Morgan fingerprint density at radius 1 is 1.23 bits per heavy atom. The number of hydrogen-bond donors (Lipinski definition) is 0. The molecule has 0 spiro atoms. The molecule has 0 aliphatic heterocycles. The van der Waals surface area contributed by atoms with E-state index in [0.717, 1.165) is 0 Å². The molecular weight excluding hydrogens is 158 g/mol. The monoisotopic (exact) mass is 173 g/mol. The van der Waals surface area contributed by atoms with Gasteiger partial charge in [0.15, 0.2) is 0 Å². The average Bonchev–Trinajstić information content (AvgIpc) is 2.18. The minimum absolute atomic E-state index is 0.277. The van der Waals surface area contributed by atoms with Crippen LogP contribution in [0.1, 0.15) is 32.3 Å². The quantitative estimate of drug-likeness (QED) is 0.673. The number of hydrogen-bond acceptors (Lipinski definition) is 1. The third-order valence-electron chi connectivity index (χ3n) is 2.67. The molecule has 0 saturated heterocycles. The molecule has 1 atom stereocenters. The Labute approximate surface area is 80.0 Å². The molecule has 1 aromatic carbocycles. The number of rotatable bonds is 2. The van der Waals surface area contributed by atoms with Crippen molar-refractivity contribution < 1.29 is 0 Å². The zero-order chi connectivity index (χ0) is 9.90. The molecule has 1 aromatic rings. The second-order valence-electron chi connectivity index (χ2n) is 3.97. The minimum atomic E-state index is -0.290. The summed E-state index contributed by atoms with van der Waals surface area (Å²) in [5, 5.41) is 8.98. The first kappa shape index (κ1) is 9.80. The Bertz CT molecular complexity index is 306. The molecule has 0 amide bonds. The van der Waals surface area contributed by atoms with E-state index in [1.807, 2.05) is 32.0 Å². The van der Waals surface area contributed by atoms with Crippen LogP contribution in [0, 0.1) is 16.7 Å². The van der Waals surface area contributed by atoms with E-state index >= 15 is 0 Å². The maximum Gasteiger partial charge on any atom is 0.0690 e. The van der Waals surface area contributed by atoms with Gasteiger partial charge in [-0.15, -0.1) is 0 Å². The first-order chi connectivity index (χ1) is 6.08. The molecule has 0 bridgehead atoms. The molecule has 1 rings (SSSR count). The van der Waals surface area contributed by atoms with E-state index in [9.17, 15) is 0 Å². The van der Waals surface area contributed by atoms with Gasteiger partial charge in [0.05, 0.1) is 11.5 Å². The van der Waals surface area contributed by atoms with Crippen molar-refractivity contribution in [3.05, 3.63) is 35.9 Å². The second-order valence-corrected chi connectivity index (χ2v) is 3.97. The predicted octanol–water partition coefficient (Wildman–Crippen LogP) is 3.34. The fourth-order valence-corrected chi connectivity index (χ4v) is 1.26. The Morgan fingerprint density at radius 2 is 1.77 bits per heavy atom. The highest BCUT2D eigenvalue weighted by molar-refractivity contribution is 5.23. The normalized spacial score (nSPS) is 13.4. The van der Waals surface area contributed by atoms with Gasteiger partial charge in [0, 0.05) is 0 Å². The highest BCUT2D eigenvalue weighted by atomic mass is 14.4. The Kier molecular flexibility index (Phi) is 2.72. The molecule has 1 heteroatoms. The van der Waals surface area contributed by atoms with Gasteiger partial charge < -0.3 is 0 Å². The smallest absolute Gasteiger partial charge is 0.0690 e. The minimum Gasteiger partial charge on any atom is -0.198 e. The summed E-state index contributed by atoms with van der Waals surface area (Å²) in [5.41, 5.74) is 0.940. The lowest BCUT2D eigenvalue weighted by Crippen LogP contribution is -2.17. The molecule has 68 valence electrons. The van der Waals surface area contributed by atoms with Crippen LogP contribution in [0.5, 0.6) is 0 Å². The van der Waals surface area contributed by atoms with Gasteiger partial charge in [0.25, 0.3) is 0 Å². The molecule has 13 heavy (non-hydrogen) atoms. The van der Waals surface area contributed by atoms with Crippen molar-refractivity contribution in [1.82, 2.24) is 0 Å². The van der Waals surface area contributed by atoms with E-state index in [1.165, 1.54) is 5.56 Å². The summed E-state index contributed by atoms with van der Waals surface area (Å²) in [7, 11) is 0. The van der Waals surface area contributed by atoms with Crippen molar-refractivity contribution in [2.75, 3.05) is 0 Å². The van der Waals surface area contributed by atoms with Gasteiger partial charge in [0.1, 0.15) is 0 Å². The Hall–Kier alpha value is -1.29. The summed E-state index contributed by atoms with van der Waals surface area (Å²) in [5.74, 6) is 0.277. The standard InChI is InChI=1S/C12H15N/c1-10(12(2,3)9-13)11-7-5-4-6-8-11/h4-8,10H,1-3H3/t10-/m0/s1. The molecule has 0 N–H and O–H groups in total. The molecule has 0 radical (unpaired) electrons. The van der Waals surface area contributed by atoms with Crippen molar-refractivity contribution >= 4 is 0 Å². The Morgan fingerprint density at radius 3 is 2.23 bits per heavy atom. The van der Waals surface area contributed by atoms with Crippen LogP contribution in [0.15, 0.2) is 30.3 Å². The van der Waals surface area contributed by atoms with Crippen LogP contribution in [0.3, 0.4) is 0 Å². The van der Waals surface area contributed by atoms with Crippen LogP contribution < -0.4 is 0 Å². The SMILES string of the molecule is C[C@@H](c1ccccc1)C(C)(C)C#N. The molecule has 0 aliphatic rings. The van der Waals surface area contributed by atoms with Crippen molar-refractivity contribution in [2.45, 2.75) is 26.7 Å². The van der Waals surface area contributed by atoms with Crippen molar-refractivity contribution in [2.24, 2.45) is 5.41 Å². The van der Waals surface area contributed by atoms with Gasteiger partial charge in [-0.2, -0.15) is 5.26 Å². The topological polar surface area (TPSA) is 23.8 Å². The summed E-state index contributed by atoms with van der Waals surface area (Å²) in [4.78, 5) is 0. The van der Waals surface area contributed by atoms with Gasteiger partial charge in [-0.25, -0.2) is 0 Å². The third kappa shape index (κ3) is 2.09. The van der Waals surface area contributed by atoms with Crippen molar-refractivity contribution in [3.63, 3.8) is 0 Å². The first-order valence-corrected chi connectivity index (χ1v) is 4.54. The molecule has 0 heterocycles. The lowest BCUT2D eigenvalue weighted by Gasteiger charge is -2.24. The molecule has 0 saturated carbocycles. The summed E-state index contributed by atoms with van der Waals surface area (Å²) in [6.07, 6.45) is 0. The highest BCUT2D eigenvalue weighted by Gasteiger charge is 2.26. The van der Waals surface area contributed by atoms with Crippen LogP contribution >= 0.6 is 0 Å². The zero-order valence-corrected chi connectivity index (χ0v) is 8.41. The average molecular weight is 173 g/mol. The lowest BCUT2D eigenvalue weighted by molar-refractivity contribution is 0.409. The highest BCUT2D eigenvalue weighted by Crippen LogP contribution is 2.33. The van der Waals surface area contributed by atoms with E-state index in [4.69, 9.17) is 5.26 Å². The van der Waals surface area contributed by atoms with E-state index in [1.54, 1.807) is 0 Å². The number of nitrogens with zero attached hydrogens (tertiary/aromatic N) is 1. The molecule has 1 nitrogen and oxygen atoms in total. The number of benzene rings is 1. The van der Waals surface area contributed by atoms with Crippen LogP contribution in [0.4, 0.5) is 0 Å². The van der Waals surface area contributed by atoms with Crippen molar-refractivity contribution in [1.29, 1.82) is 5.26 Å². The van der Waals surface area contributed by atoms with Crippen LogP contribution in [-0.2, 0) is 0 Å². The summed E-state index contributed by atoms with van der Waals surface area (Å²) in [6.45, 7) is 6.05. The third-order valence-corrected chi connectivity index (χ3v) is 2.67. The molecule has 0 aliphatic carbocycles. The molecular formula is C12H15N. The first-order valence-electron chi connectivity index (χ1n) is 4.54. The van der Waals surface area contributed by atoms with Crippen LogP contribution in [-0.4, -0.2) is 0 Å². The maximum absolute atomic E-state index is 8.98. The fourth-order valence-electron chi connectivity index (χ4n) is 1.26. The van der Waals surface area contributed by atoms with E-state index < -0.39 is 0 Å². The molecule has 0 aromatic heterocycles. The van der Waals surface area contributed by atoms with Gasteiger partial charge in [-0.05, 0) is 25.3 Å². The predicted molar refractivity (Wildman–Crippen MR) is 54.3 cm³/mol. The van der Waals surface area contributed by atoms with E-state index in [2.05, 4.69) is 25.1 Å². The number of nitriles is 1. The van der Waals surface area contributed by atoms with E-state index in [0.29, 0.717) is 0 Å². The van der Waals surface area contributed by atoms with Crippen LogP contribution in [0.2, 0.25) is 0 Å². The maximum atomic E-state index is 8.98. The van der Waals surface area contributed by atoms with Crippen LogP contribution in [0.25, 0.3) is 0 Å². The lowest BCUT2D eigenvalue weighted by atomic mass is 9.77. The summed E-state index contributed by atoms with van der Waals surface area (Å²) >= 11 is 0. The molecule has 0 unspecified atom stereocenters. The fraction of sp³-hybridized carbons (Fsp3) is 0.417. The van der Waals surface area contributed by atoms with Gasteiger partial charge in [-0.1, -0.05) is 37.3 Å². The largest absolute Gasteiger partial charge is 0.198 e. The zero-order valence-electron chi connectivity index (χ0n) is 8.41. The second kappa shape index (κ2) is 3.62. The summed E-state index contributed by atoms with van der Waals surface area (Å²) in [6, 6.07) is 12.5.